The molecule has 3 aliphatic rings. The lowest BCUT2D eigenvalue weighted by Gasteiger charge is -2.51. The van der Waals surface area contributed by atoms with E-state index in [4.69, 9.17) is 9.47 Å². The molecule has 1 aromatic carbocycles. The summed E-state index contributed by atoms with van der Waals surface area (Å²) in [6.45, 7) is 5.67. The largest absolute Gasteiger partial charge is 0.489 e. The van der Waals surface area contributed by atoms with E-state index in [9.17, 15) is 9.59 Å². The van der Waals surface area contributed by atoms with Crippen LogP contribution in [0.5, 0.6) is 5.75 Å². The molecule has 2 atom stereocenters. The summed E-state index contributed by atoms with van der Waals surface area (Å²) in [5.41, 5.74) is 1.30. The quantitative estimate of drug-likeness (QED) is 0.836. The zero-order chi connectivity index (χ0) is 16.2. The van der Waals surface area contributed by atoms with E-state index in [-0.39, 0.29) is 30.4 Å². The average molecular weight is 316 g/mol. The Hall–Kier alpha value is -2.08. The summed E-state index contributed by atoms with van der Waals surface area (Å²) in [4.78, 5) is 25.7. The van der Waals surface area contributed by atoms with Crippen LogP contribution in [0.1, 0.15) is 35.7 Å². The zero-order valence-electron chi connectivity index (χ0n) is 13.3. The molecular weight excluding hydrogens is 296 g/mol. The molecule has 1 N–H and O–H groups in total. The molecule has 2 unspecified atom stereocenters. The van der Waals surface area contributed by atoms with Gasteiger partial charge in [0.25, 0.3) is 5.91 Å². The van der Waals surface area contributed by atoms with Gasteiger partial charge in [-0.25, -0.2) is 0 Å². The van der Waals surface area contributed by atoms with Crippen LogP contribution < -0.4 is 10.1 Å². The first-order chi connectivity index (χ1) is 11.0. The van der Waals surface area contributed by atoms with Crippen LogP contribution in [-0.4, -0.2) is 54.7 Å². The van der Waals surface area contributed by atoms with Crippen LogP contribution in [0.15, 0.2) is 18.2 Å². The number of carbonyl (C=O) groups is 2. The van der Waals surface area contributed by atoms with Crippen molar-refractivity contribution in [2.45, 2.75) is 31.5 Å². The van der Waals surface area contributed by atoms with Crippen molar-refractivity contribution < 1.29 is 19.1 Å². The summed E-state index contributed by atoms with van der Waals surface area (Å²) in [5.74, 6) is 0.876. The Morgan fingerprint density at radius 3 is 2.83 bits per heavy atom. The van der Waals surface area contributed by atoms with E-state index in [1.807, 2.05) is 25.1 Å². The molecule has 2 saturated heterocycles. The highest BCUT2D eigenvalue weighted by Crippen LogP contribution is 2.41. The number of likely N-dealkylation sites (tertiary alicyclic amines) is 1. The number of para-hydroxylation sites is 1. The highest BCUT2D eigenvalue weighted by atomic mass is 16.5. The second-order valence-corrected chi connectivity index (χ2v) is 6.75. The minimum Gasteiger partial charge on any atom is -0.489 e. The Labute approximate surface area is 134 Å². The molecule has 2 amide bonds. The van der Waals surface area contributed by atoms with Crippen LogP contribution in [0.2, 0.25) is 0 Å². The molecule has 6 heteroatoms. The van der Waals surface area contributed by atoms with Crippen LogP contribution in [0.3, 0.4) is 0 Å². The molecule has 3 heterocycles. The molecule has 4 rings (SSSR count). The van der Waals surface area contributed by atoms with Crippen LogP contribution in [0.4, 0.5) is 0 Å². The smallest absolute Gasteiger partial charge is 0.257 e. The molecule has 0 aliphatic carbocycles. The van der Waals surface area contributed by atoms with E-state index in [1.165, 1.54) is 0 Å². The lowest BCUT2D eigenvalue weighted by atomic mass is 9.91. The van der Waals surface area contributed by atoms with Crippen molar-refractivity contribution in [1.82, 2.24) is 10.2 Å². The van der Waals surface area contributed by atoms with Gasteiger partial charge in [-0.05, 0) is 13.0 Å². The van der Waals surface area contributed by atoms with Crippen LogP contribution >= 0.6 is 0 Å². The summed E-state index contributed by atoms with van der Waals surface area (Å²) in [5, 5.41) is 2.80. The van der Waals surface area contributed by atoms with Crippen molar-refractivity contribution in [1.29, 1.82) is 0 Å². The number of hydrogen-bond donors (Lipinski definition) is 1. The van der Waals surface area contributed by atoms with E-state index < -0.39 is 5.60 Å². The number of hydrogen-bond acceptors (Lipinski definition) is 4. The normalized spacial score (nSPS) is 27.9. The summed E-state index contributed by atoms with van der Waals surface area (Å²) in [6.07, 6.45) is 0.0820. The Bertz CT molecular complexity index is 669. The second-order valence-electron chi connectivity index (χ2n) is 6.75. The molecule has 1 spiro atoms. The van der Waals surface area contributed by atoms with Gasteiger partial charge in [-0.2, -0.15) is 0 Å². The molecule has 0 radical (unpaired) electrons. The third-order valence-electron chi connectivity index (χ3n) is 5.14. The number of nitrogens with zero attached hydrogens (tertiary/aromatic N) is 1. The monoisotopic (exact) mass is 316 g/mol. The molecule has 0 aromatic heterocycles. The first-order valence-corrected chi connectivity index (χ1v) is 7.99. The summed E-state index contributed by atoms with van der Waals surface area (Å²) < 4.78 is 11.5. The van der Waals surface area contributed by atoms with Gasteiger partial charge in [0.1, 0.15) is 24.1 Å². The lowest BCUT2D eigenvalue weighted by Crippen LogP contribution is -2.71. The number of amides is 2. The summed E-state index contributed by atoms with van der Waals surface area (Å²) in [7, 11) is 0. The van der Waals surface area contributed by atoms with Gasteiger partial charge in [0.15, 0.2) is 0 Å². The fourth-order valence-electron chi connectivity index (χ4n) is 3.50. The van der Waals surface area contributed by atoms with Gasteiger partial charge in [0.05, 0.1) is 25.2 Å². The number of nitrogens with one attached hydrogen (secondary N) is 1. The van der Waals surface area contributed by atoms with E-state index in [1.54, 1.807) is 4.90 Å². The van der Waals surface area contributed by atoms with Crippen molar-refractivity contribution in [3.05, 3.63) is 29.3 Å². The van der Waals surface area contributed by atoms with Crippen LogP contribution in [0.25, 0.3) is 0 Å². The molecule has 1 aromatic rings. The number of benzene rings is 1. The molecule has 3 aliphatic heterocycles. The fraction of sp³-hybridized carbons (Fsp3) is 0.529. The van der Waals surface area contributed by atoms with Gasteiger partial charge in [-0.15, -0.1) is 0 Å². The Morgan fingerprint density at radius 1 is 1.35 bits per heavy atom. The van der Waals surface area contributed by atoms with Crippen molar-refractivity contribution in [3.8, 4) is 5.75 Å². The molecule has 0 saturated carbocycles. The maximum Gasteiger partial charge on any atom is 0.257 e. The molecule has 2 fully saturated rings. The third-order valence-corrected chi connectivity index (χ3v) is 5.14. The third kappa shape index (κ3) is 2.20. The summed E-state index contributed by atoms with van der Waals surface area (Å²) >= 11 is 0. The minimum atomic E-state index is -0.414. The van der Waals surface area contributed by atoms with Crippen LogP contribution in [0, 0.1) is 0 Å². The number of ether oxygens (including phenoxy) is 2. The Kier molecular flexibility index (Phi) is 3.13. The van der Waals surface area contributed by atoms with Crippen molar-refractivity contribution in [3.63, 3.8) is 0 Å². The minimum absolute atomic E-state index is 0.0331. The molecule has 23 heavy (non-hydrogen) atoms. The topological polar surface area (TPSA) is 67.9 Å². The van der Waals surface area contributed by atoms with Crippen molar-refractivity contribution >= 4 is 11.8 Å². The van der Waals surface area contributed by atoms with Gasteiger partial charge in [-0.1, -0.05) is 19.1 Å². The predicted molar refractivity (Wildman–Crippen MR) is 82.5 cm³/mol. The summed E-state index contributed by atoms with van der Waals surface area (Å²) in [6, 6.07) is 5.76. The SMILES string of the molecule is CC1Oc2c(C(=O)N3CC4(CNC(=O)CO4)C3)cccc2C1C. The molecule has 0 bridgehead atoms. The predicted octanol–water partition coefficient (Wildman–Crippen LogP) is 0.912. The molecule has 122 valence electrons. The van der Waals surface area contributed by atoms with Crippen molar-refractivity contribution in [2.24, 2.45) is 0 Å². The van der Waals surface area contributed by atoms with Crippen LogP contribution in [-0.2, 0) is 9.53 Å². The Balaban J connectivity index is 1.51. The fourth-order valence-corrected chi connectivity index (χ4v) is 3.50. The maximum absolute atomic E-state index is 12.8. The number of fused-ring (bicyclic) bond motifs is 1. The van der Waals surface area contributed by atoms with E-state index in [0.717, 1.165) is 11.3 Å². The van der Waals surface area contributed by atoms with Gasteiger partial charge in [-0.3, -0.25) is 9.59 Å². The second kappa shape index (κ2) is 4.96. The molecular formula is C17H20N2O4. The lowest BCUT2D eigenvalue weighted by molar-refractivity contribution is -0.165. The average Bonchev–Trinajstić information content (AvgIpc) is 2.81. The van der Waals surface area contributed by atoms with E-state index >= 15 is 0 Å². The number of rotatable bonds is 1. The van der Waals surface area contributed by atoms with Gasteiger partial charge in [0, 0.05) is 11.5 Å². The zero-order valence-corrected chi connectivity index (χ0v) is 13.3. The van der Waals surface area contributed by atoms with Gasteiger partial charge in [0.2, 0.25) is 5.91 Å². The highest BCUT2D eigenvalue weighted by Gasteiger charge is 2.49. The first-order valence-electron chi connectivity index (χ1n) is 7.99. The number of carbonyl (C=O) groups excluding carboxylic acids is 2. The number of morpholine rings is 1. The first kappa shape index (κ1) is 14.5. The van der Waals surface area contributed by atoms with E-state index in [2.05, 4.69) is 12.2 Å². The maximum atomic E-state index is 12.8. The van der Waals surface area contributed by atoms with E-state index in [0.29, 0.717) is 25.2 Å². The highest BCUT2D eigenvalue weighted by molar-refractivity contribution is 5.98. The Morgan fingerprint density at radius 2 is 2.13 bits per heavy atom. The van der Waals surface area contributed by atoms with Crippen molar-refractivity contribution in [2.75, 3.05) is 26.2 Å². The molecule has 6 nitrogen and oxygen atoms in total. The van der Waals surface area contributed by atoms with Gasteiger partial charge < -0.3 is 19.7 Å². The standard InChI is InChI=1S/C17H20N2O4/c1-10-11(2)23-15-12(10)4-3-5-13(15)16(21)19-8-17(9-19)7-18-14(20)6-22-17/h3-5,10-11H,6-9H2,1-2H3,(H,18,20). The van der Waals surface area contributed by atoms with Gasteiger partial charge >= 0.3 is 0 Å².